The topological polar surface area (TPSA) is 59.3 Å². The molecule has 4 nitrogen and oxygen atoms in total. The highest BCUT2D eigenvalue weighted by molar-refractivity contribution is 6.32. The first-order chi connectivity index (χ1) is 8.28. The van der Waals surface area contributed by atoms with Crippen molar-refractivity contribution < 1.29 is 27.4 Å². The smallest absolute Gasteiger partial charge is 0.465 e. The number of rotatable bonds is 2. The summed E-state index contributed by atoms with van der Waals surface area (Å²) in [7, 11) is 1.02. The lowest BCUT2D eigenvalue weighted by Crippen LogP contribution is -2.17. The maximum atomic E-state index is 12.0. The highest BCUT2D eigenvalue weighted by Crippen LogP contribution is 2.30. The number of hydrogen-bond acceptors (Lipinski definition) is 4. The van der Waals surface area contributed by atoms with Crippen molar-refractivity contribution >= 4 is 17.6 Å². The standard InChI is InChI=1S/C10H5ClF3NO3/c1-17-9(16)6-2-5(18-10(12,13)14)3-8(11)7(6)4-15/h2-3H,1H3. The molecule has 0 saturated heterocycles. The van der Waals surface area contributed by atoms with Crippen molar-refractivity contribution in [2.45, 2.75) is 6.36 Å². The van der Waals surface area contributed by atoms with Crippen LogP contribution in [-0.2, 0) is 4.74 Å². The third-order valence-corrected chi connectivity index (χ3v) is 2.11. The van der Waals surface area contributed by atoms with Gasteiger partial charge in [-0.05, 0) is 6.07 Å². The molecule has 1 rings (SSSR count). The lowest BCUT2D eigenvalue weighted by atomic mass is 10.1. The SMILES string of the molecule is COC(=O)c1cc(OC(F)(F)F)cc(Cl)c1C#N. The van der Waals surface area contributed by atoms with Crippen molar-refractivity contribution in [1.82, 2.24) is 0 Å². The fraction of sp³-hybridized carbons (Fsp3) is 0.200. The van der Waals surface area contributed by atoms with Crippen LogP contribution in [0.1, 0.15) is 15.9 Å². The number of ether oxygens (including phenoxy) is 2. The fourth-order valence-corrected chi connectivity index (χ4v) is 1.41. The van der Waals surface area contributed by atoms with Gasteiger partial charge in [-0.2, -0.15) is 5.26 Å². The molecule has 0 saturated carbocycles. The third kappa shape index (κ3) is 3.28. The summed E-state index contributed by atoms with van der Waals surface area (Å²) in [4.78, 5) is 11.3. The monoisotopic (exact) mass is 279 g/mol. The molecule has 96 valence electrons. The first kappa shape index (κ1) is 14.1. The molecule has 0 unspecified atom stereocenters. The summed E-state index contributed by atoms with van der Waals surface area (Å²) in [5, 5.41) is 8.43. The molecular formula is C10H5ClF3NO3. The third-order valence-electron chi connectivity index (χ3n) is 1.81. The number of alkyl halides is 3. The van der Waals surface area contributed by atoms with E-state index in [1.165, 1.54) is 0 Å². The second kappa shape index (κ2) is 5.14. The van der Waals surface area contributed by atoms with E-state index in [1.54, 1.807) is 6.07 Å². The average molecular weight is 280 g/mol. The second-order valence-electron chi connectivity index (χ2n) is 2.98. The molecule has 18 heavy (non-hydrogen) atoms. The zero-order valence-electron chi connectivity index (χ0n) is 8.84. The molecule has 0 aliphatic carbocycles. The summed E-state index contributed by atoms with van der Waals surface area (Å²) in [5.41, 5.74) is -0.676. The zero-order chi connectivity index (χ0) is 13.9. The molecule has 0 aliphatic heterocycles. The summed E-state index contributed by atoms with van der Waals surface area (Å²) < 4.78 is 44.0. The van der Waals surface area contributed by atoms with Crippen LogP contribution < -0.4 is 4.74 Å². The van der Waals surface area contributed by atoms with Crippen LogP contribution in [0.25, 0.3) is 0 Å². The Labute approximate surface area is 104 Å². The predicted octanol–water partition coefficient (Wildman–Crippen LogP) is 2.90. The van der Waals surface area contributed by atoms with E-state index in [4.69, 9.17) is 16.9 Å². The van der Waals surface area contributed by atoms with Crippen LogP contribution in [0, 0.1) is 11.3 Å². The van der Waals surface area contributed by atoms with E-state index in [1.807, 2.05) is 0 Å². The van der Waals surface area contributed by atoms with Crippen LogP contribution in [0.5, 0.6) is 5.75 Å². The normalized spacial score (nSPS) is 10.7. The summed E-state index contributed by atoms with van der Waals surface area (Å²) >= 11 is 5.59. The first-order valence-corrected chi connectivity index (χ1v) is 4.74. The Kier molecular flexibility index (Phi) is 4.03. The number of methoxy groups -OCH3 is 1. The van der Waals surface area contributed by atoms with Crippen LogP contribution in [0.15, 0.2) is 12.1 Å². The van der Waals surface area contributed by atoms with Crippen LogP contribution in [0.4, 0.5) is 13.2 Å². The van der Waals surface area contributed by atoms with Gasteiger partial charge in [-0.1, -0.05) is 11.6 Å². The molecule has 0 atom stereocenters. The second-order valence-corrected chi connectivity index (χ2v) is 3.39. The molecule has 0 amide bonds. The largest absolute Gasteiger partial charge is 0.573 e. The summed E-state index contributed by atoms with van der Waals surface area (Å²) in [6.45, 7) is 0. The number of carbonyl (C=O) groups excluding carboxylic acids is 1. The van der Waals surface area contributed by atoms with Gasteiger partial charge in [0.1, 0.15) is 11.8 Å². The maximum Gasteiger partial charge on any atom is 0.573 e. The highest BCUT2D eigenvalue weighted by atomic mass is 35.5. The molecule has 0 aliphatic rings. The van der Waals surface area contributed by atoms with Gasteiger partial charge >= 0.3 is 12.3 Å². The predicted molar refractivity (Wildman–Crippen MR) is 54.2 cm³/mol. The van der Waals surface area contributed by atoms with E-state index in [2.05, 4.69) is 9.47 Å². The molecule has 1 aromatic carbocycles. The molecule has 1 aromatic rings. The summed E-state index contributed by atoms with van der Waals surface area (Å²) in [5.74, 6) is -1.69. The molecule has 0 aromatic heterocycles. The number of halogens is 4. The Balaban J connectivity index is 3.32. The van der Waals surface area contributed by atoms with Crippen LogP contribution in [0.2, 0.25) is 5.02 Å². The average Bonchev–Trinajstić information content (AvgIpc) is 2.25. The number of carbonyl (C=O) groups is 1. The minimum atomic E-state index is -4.93. The lowest BCUT2D eigenvalue weighted by molar-refractivity contribution is -0.274. The summed E-state index contributed by atoms with van der Waals surface area (Å²) in [6, 6.07) is 3.13. The van der Waals surface area contributed by atoms with Gasteiger partial charge in [0.25, 0.3) is 0 Å². The van der Waals surface area contributed by atoms with Crippen molar-refractivity contribution in [3.05, 3.63) is 28.3 Å². The van der Waals surface area contributed by atoms with Crippen molar-refractivity contribution in [1.29, 1.82) is 5.26 Å². The Morgan fingerprint density at radius 1 is 1.44 bits per heavy atom. The maximum absolute atomic E-state index is 12.0. The van der Waals surface area contributed by atoms with Gasteiger partial charge < -0.3 is 9.47 Å². The van der Waals surface area contributed by atoms with E-state index in [9.17, 15) is 18.0 Å². The highest BCUT2D eigenvalue weighted by Gasteiger charge is 2.32. The van der Waals surface area contributed by atoms with E-state index < -0.39 is 23.6 Å². The Morgan fingerprint density at radius 2 is 2.06 bits per heavy atom. The number of esters is 1. The Bertz CT molecular complexity index is 522. The number of nitriles is 1. The Hall–Kier alpha value is -1.94. The molecule has 0 spiro atoms. The lowest BCUT2D eigenvalue weighted by Gasteiger charge is -2.11. The van der Waals surface area contributed by atoms with Gasteiger partial charge in [-0.15, -0.1) is 13.2 Å². The molecule has 0 fully saturated rings. The van der Waals surface area contributed by atoms with Gasteiger partial charge in [-0.3, -0.25) is 0 Å². The summed E-state index contributed by atoms with van der Waals surface area (Å²) in [6.07, 6.45) is -4.93. The first-order valence-electron chi connectivity index (χ1n) is 4.36. The van der Waals surface area contributed by atoms with E-state index in [0.717, 1.165) is 19.2 Å². The molecule has 0 radical (unpaired) electrons. The molecular weight excluding hydrogens is 275 g/mol. The fourth-order valence-electron chi connectivity index (χ4n) is 1.16. The van der Waals surface area contributed by atoms with Crippen molar-refractivity contribution in [3.63, 3.8) is 0 Å². The van der Waals surface area contributed by atoms with Crippen LogP contribution >= 0.6 is 11.6 Å². The van der Waals surface area contributed by atoms with Gasteiger partial charge in [0.05, 0.1) is 23.3 Å². The molecule has 0 bridgehead atoms. The van der Waals surface area contributed by atoms with Crippen LogP contribution in [-0.4, -0.2) is 19.4 Å². The quantitative estimate of drug-likeness (QED) is 0.781. The van der Waals surface area contributed by atoms with Crippen LogP contribution in [0.3, 0.4) is 0 Å². The van der Waals surface area contributed by atoms with Crippen molar-refractivity contribution in [2.24, 2.45) is 0 Å². The van der Waals surface area contributed by atoms with E-state index in [0.29, 0.717) is 0 Å². The van der Waals surface area contributed by atoms with Gasteiger partial charge in [0.2, 0.25) is 0 Å². The van der Waals surface area contributed by atoms with Crippen molar-refractivity contribution in [2.75, 3.05) is 7.11 Å². The van der Waals surface area contributed by atoms with Crippen molar-refractivity contribution in [3.8, 4) is 11.8 Å². The number of hydrogen-bond donors (Lipinski definition) is 0. The Morgan fingerprint density at radius 3 is 2.50 bits per heavy atom. The molecule has 0 N–H and O–H groups in total. The minimum absolute atomic E-state index is 0.280. The van der Waals surface area contributed by atoms with Gasteiger partial charge in [0, 0.05) is 6.07 Å². The minimum Gasteiger partial charge on any atom is -0.465 e. The zero-order valence-corrected chi connectivity index (χ0v) is 9.59. The van der Waals surface area contributed by atoms with E-state index in [-0.39, 0.29) is 10.6 Å². The van der Waals surface area contributed by atoms with Gasteiger partial charge in [-0.25, -0.2) is 4.79 Å². The number of benzene rings is 1. The van der Waals surface area contributed by atoms with E-state index >= 15 is 0 Å². The van der Waals surface area contributed by atoms with Gasteiger partial charge in [0.15, 0.2) is 0 Å². The number of nitrogens with zero attached hydrogens (tertiary/aromatic N) is 1. The molecule has 0 heterocycles. The molecule has 8 heteroatoms.